The van der Waals surface area contributed by atoms with Crippen LogP contribution in [0.5, 0.6) is 5.75 Å². The van der Waals surface area contributed by atoms with E-state index in [1.54, 1.807) is 24.3 Å². The van der Waals surface area contributed by atoms with E-state index in [1.807, 2.05) is 52.0 Å². The smallest absolute Gasteiger partial charge is 0.244 e. The van der Waals surface area contributed by atoms with Crippen LogP contribution in [0.2, 0.25) is 0 Å². The maximum absolute atomic E-state index is 13.6. The summed E-state index contributed by atoms with van der Waals surface area (Å²) in [5.41, 5.74) is 2.29. The lowest BCUT2D eigenvalue weighted by molar-refractivity contribution is -0.140. The van der Waals surface area contributed by atoms with Crippen molar-refractivity contribution in [3.8, 4) is 5.75 Å². The molecule has 0 fully saturated rings. The van der Waals surface area contributed by atoms with Crippen LogP contribution < -0.4 is 14.4 Å². The van der Waals surface area contributed by atoms with Crippen molar-refractivity contribution in [2.75, 3.05) is 30.3 Å². The average molecular weight is 504 g/mol. The number of benzene rings is 2. The van der Waals surface area contributed by atoms with Gasteiger partial charge in [0.15, 0.2) is 0 Å². The molecule has 2 rings (SSSR count). The third-order valence-electron chi connectivity index (χ3n) is 5.52. The van der Waals surface area contributed by atoms with E-state index in [0.29, 0.717) is 31.0 Å². The van der Waals surface area contributed by atoms with E-state index < -0.39 is 28.5 Å². The number of rotatable bonds is 13. The van der Waals surface area contributed by atoms with Gasteiger partial charge in [0.1, 0.15) is 18.3 Å². The molecule has 8 nitrogen and oxygen atoms in total. The largest absolute Gasteiger partial charge is 0.494 e. The van der Waals surface area contributed by atoms with Gasteiger partial charge in [-0.05, 0) is 56.5 Å². The van der Waals surface area contributed by atoms with Gasteiger partial charge in [0.2, 0.25) is 21.8 Å². The number of hydrogen-bond acceptors (Lipinski definition) is 5. The van der Waals surface area contributed by atoms with Crippen molar-refractivity contribution in [2.24, 2.45) is 0 Å². The van der Waals surface area contributed by atoms with Gasteiger partial charge in [-0.1, -0.05) is 43.7 Å². The zero-order chi connectivity index (χ0) is 26.0. The Balaban J connectivity index is 2.38. The summed E-state index contributed by atoms with van der Waals surface area (Å²) in [5.74, 6) is -0.0964. The molecule has 0 heterocycles. The van der Waals surface area contributed by atoms with Crippen LogP contribution in [0.1, 0.15) is 44.7 Å². The molecule has 0 aliphatic carbocycles. The normalized spacial score (nSPS) is 12.0. The fourth-order valence-corrected chi connectivity index (χ4v) is 4.51. The van der Waals surface area contributed by atoms with Crippen molar-refractivity contribution in [2.45, 2.75) is 53.1 Å². The molecule has 2 amide bonds. The second kappa shape index (κ2) is 13.1. The molecule has 9 heteroatoms. The molecule has 2 aromatic carbocycles. The predicted octanol–water partition coefficient (Wildman–Crippen LogP) is 3.49. The highest BCUT2D eigenvalue weighted by Crippen LogP contribution is 2.23. The van der Waals surface area contributed by atoms with Crippen LogP contribution in [-0.2, 0) is 26.2 Å². The lowest BCUT2D eigenvalue weighted by atomic mass is 10.1. The first-order valence-electron chi connectivity index (χ1n) is 11.9. The second-order valence-corrected chi connectivity index (χ2v) is 10.3. The van der Waals surface area contributed by atoms with Gasteiger partial charge in [-0.2, -0.15) is 0 Å². The van der Waals surface area contributed by atoms with Crippen LogP contribution in [0.25, 0.3) is 0 Å². The first-order chi connectivity index (χ1) is 16.6. The third kappa shape index (κ3) is 8.28. The fourth-order valence-electron chi connectivity index (χ4n) is 3.66. The van der Waals surface area contributed by atoms with Crippen molar-refractivity contribution in [3.63, 3.8) is 0 Å². The van der Waals surface area contributed by atoms with E-state index in [4.69, 9.17) is 4.74 Å². The average Bonchev–Trinajstić information content (AvgIpc) is 2.82. The Labute approximate surface area is 209 Å². The van der Waals surface area contributed by atoms with Crippen LogP contribution in [0.3, 0.4) is 0 Å². The number of carbonyl (C=O) groups is 2. The molecule has 1 atom stereocenters. The molecule has 0 radical (unpaired) electrons. The van der Waals surface area contributed by atoms with Crippen molar-refractivity contribution in [1.29, 1.82) is 0 Å². The summed E-state index contributed by atoms with van der Waals surface area (Å²) in [6.45, 7) is 8.39. The Morgan fingerprint density at radius 1 is 1.00 bits per heavy atom. The number of nitrogens with one attached hydrogen (secondary N) is 1. The van der Waals surface area contributed by atoms with Crippen LogP contribution in [-0.4, -0.2) is 57.1 Å². The van der Waals surface area contributed by atoms with E-state index in [1.165, 1.54) is 4.90 Å². The minimum atomic E-state index is -3.77. The molecule has 2 aromatic rings. The topological polar surface area (TPSA) is 96.0 Å². The molecule has 0 aliphatic rings. The van der Waals surface area contributed by atoms with E-state index in [2.05, 4.69) is 5.32 Å². The number of carbonyl (C=O) groups excluding carboxylic acids is 2. The van der Waals surface area contributed by atoms with Crippen molar-refractivity contribution >= 4 is 27.5 Å². The van der Waals surface area contributed by atoms with Gasteiger partial charge in [-0.15, -0.1) is 0 Å². The fraction of sp³-hybridized carbons (Fsp3) is 0.462. The second-order valence-electron chi connectivity index (χ2n) is 8.42. The summed E-state index contributed by atoms with van der Waals surface area (Å²) >= 11 is 0. The van der Waals surface area contributed by atoms with Crippen LogP contribution in [0.4, 0.5) is 5.69 Å². The number of ether oxygens (including phenoxy) is 1. The SMILES string of the molecule is CCCNC(=O)[C@@H](CC)N(Cc1ccc(C)cc1)C(=O)CN(c1ccc(OCC)cc1)S(C)(=O)=O. The highest BCUT2D eigenvalue weighted by atomic mass is 32.2. The molecular weight excluding hydrogens is 466 g/mol. The number of amides is 2. The molecular formula is C26H37N3O5S. The monoisotopic (exact) mass is 503 g/mol. The molecule has 0 spiro atoms. The first-order valence-corrected chi connectivity index (χ1v) is 13.8. The van der Waals surface area contributed by atoms with Gasteiger partial charge in [0.05, 0.1) is 18.6 Å². The van der Waals surface area contributed by atoms with Gasteiger partial charge in [0.25, 0.3) is 0 Å². The minimum Gasteiger partial charge on any atom is -0.494 e. The van der Waals surface area contributed by atoms with Gasteiger partial charge in [-0.3, -0.25) is 13.9 Å². The summed E-state index contributed by atoms with van der Waals surface area (Å²) in [7, 11) is -3.77. The molecule has 0 unspecified atom stereocenters. The lowest BCUT2D eigenvalue weighted by Gasteiger charge is -2.33. The predicted molar refractivity (Wildman–Crippen MR) is 139 cm³/mol. The molecule has 35 heavy (non-hydrogen) atoms. The summed E-state index contributed by atoms with van der Waals surface area (Å²) in [6, 6.07) is 13.5. The molecule has 192 valence electrons. The number of anilines is 1. The van der Waals surface area contributed by atoms with Gasteiger partial charge in [0, 0.05) is 13.1 Å². The van der Waals surface area contributed by atoms with Crippen molar-refractivity contribution in [3.05, 3.63) is 59.7 Å². The van der Waals surface area contributed by atoms with Crippen LogP contribution >= 0.6 is 0 Å². The summed E-state index contributed by atoms with van der Waals surface area (Å²) in [6.07, 6.45) is 2.23. The number of sulfonamides is 1. The number of aryl methyl sites for hydroxylation is 1. The van der Waals surface area contributed by atoms with E-state index >= 15 is 0 Å². The molecule has 0 aliphatic heterocycles. The minimum absolute atomic E-state index is 0.193. The Morgan fingerprint density at radius 3 is 2.14 bits per heavy atom. The highest BCUT2D eigenvalue weighted by molar-refractivity contribution is 7.92. The molecule has 0 saturated carbocycles. The van der Waals surface area contributed by atoms with Crippen molar-refractivity contribution < 1.29 is 22.7 Å². The third-order valence-corrected chi connectivity index (χ3v) is 6.66. The van der Waals surface area contributed by atoms with E-state index in [-0.39, 0.29) is 12.5 Å². The molecule has 0 aromatic heterocycles. The highest BCUT2D eigenvalue weighted by Gasteiger charge is 2.31. The zero-order valence-electron chi connectivity index (χ0n) is 21.3. The van der Waals surface area contributed by atoms with Gasteiger partial charge >= 0.3 is 0 Å². The van der Waals surface area contributed by atoms with Crippen LogP contribution in [0.15, 0.2) is 48.5 Å². The number of hydrogen-bond donors (Lipinski definition) is 1. The van der Waals surface area contributed by atoms with Gasteiger partial charge < -0.3 is 15.0 Å². The Kier molecular flexibility index (Phi) is 10.6. The van der Waals surface area contributed by atoms with Crippen LogP contribution in [0, 0.1) is 6.92 Å². The molecule has 0 bridgehead atoms. The van der Waals surface area contributed by atoms with E-state index in [9.17, 15) is 18.0 Å². The number of nitrogens with zero attached hydrogens (tertiary/aromatic N) is 2. The Bertz CT molecular complexity index is 1070. The van der Waals surface area contributed by atoms with Gasteiger partial charge in [-0.25, -0.2) is 8.42 Å². The summed E-state index contributed by atoms with van der Waals surface area (Å²) in [5, 5.41) is 2.87. The lowest BCUT2D eigenvalue weighted by Crippen LogP contribution is -2.52. The molecule has 1 N–H and O–H groups in total. The summed E-state index contributed by atoms with van der Waals surface area (Å²) < 4.78 is 31.8. The van der Waals surface area contributed by atoms with E-state index in [0.717, 1.165) is 28.1 Å². The standard InChI is InChI=1S/C26H37N3O5S/c1-6-17-27-26(31)24(7-2)28(18-21-11-9-20(4)10-12-21)25(30)19-29(35(5,32)33)22-13-15-23(16-14-22)34-8-3/h9-16,24H,6-8,17-19H2,1-5H3,(H,27,31)/t24-/m1/s1. The quantitative estimate of drug-likeness (QED) is 0.451. The van der Waals surface area contributed by atoms with Crippen molar-refractivity contribution in [1.82, 2.24) is 10.2 Å². The zero-order valence-corrected chi connectivity index (χ0v) is 22.1. The maximum Gasteiger partial charge on any atom is 0.244 e. The Morgan fingerprint density at radius 2 is 1.63 bits per heavy atom. The first kappa shape index (κ1) is 28.2. The Hall–Kier alpha value is -3.07. The maximum atomic E-state index is 13.6. The summed E-state index contributed by atoms with van der Waals surface area (Å²) in [4.78, 5) is 28.0. The molecule has 0 saturated heterocycles.